The van der Waals surface area contributed by atoms with Crippen molar-refractivity contribution < 1.29 is 0 Å². The maximum atomic E-state index is 5.88. The lowest BCUT2D eigenvalue weighted by Gasteiger charge is -2.12. The standard InChI is InChI=1S/C16H16N4S/c1-9-4-5-18-16(14(9)15(17)21)20-8-19-12-6-10(2)11(3)7-13(12)20/h4-8H,1-3H3,(H2,17,21). The fourth-order valence-electron chi connectivity index (χ4n) is 2.46. The highest BCUT2D eigenvalue weighted by molar-refractivity contribution is 7.80. The van der Waals surface area contributed by atoms with Crippen molar-refractivity contribution in [3.8, 4) is 5.82 Å². The minimum absolute atomic E-state index is 0.348. The predicted octanol–water partition coefficient (Wildman–Crippen LogP) is 2.98. The average molecular weight is 296 g/mol. The van der Waals surface area contributed by atoms with E-state index < -0.39 is 0 Å². The van der Waals surface area contributed by atoms with Gasteiger partial charge in [0.25, 0.3) is 0 Å². The molecule has 0 atom stereocenters. The number of thiocarbonyl (C=S) groups is 1. The van der Waals surface area contributed by atoms with Gasteiger partial charge in [0.05, 0.1) is 16.6 Å². The van der Waals surface area contributed by atoms with Gasteiger partial charge in [0.1, 0.15) is 17.1 Å². The minimum atomic E-state index is 0.348. The van der Waals surface area contributed by atoms with Gasteiger partial charge in [0.15, 0.2) is 0 Å². The van der Waals surface area contributed by atoms with Crippen LogP contribution in [0.3, 0.4) is 0 Å². The first-order valence-electron chi connectivity index (χ1n) is 6.69. The molecule has 0 aliphatic heterocycles. The molecule has 0 fully saturated rings. The summed E-state index contributed by atoms with van der Waals surface area (Å²) in [4.78, 5) is 9.28. The highest BCUT2D eigenvalue weighted by Gasteiger charge is 2.14. The molecule has 2 N–H and O–H groups in total. The van der Waals surface area contributed by atoms with Gasteiger partial charge in [0.2, 0.25) is 0 Å². The highest BCUT2D eigenvalue weighted by atomic mass is 32.1. The number of hydrogen-bond donors (Lipinski definition) is 1. The first kappa shape index (κ1) is 13.7. The number of hydrogen-bond acceptors (Lipinski definition) is 3. The van der Waals surface area contributed by atoms with E-state index in [9.17, 15) is 0 Å². The Hall–Kier alpha value is -2.27. The van der Waals surface area contributed by atoms with Crippen molar-refractivity contribution >= 4 is 28.2 Å². The summed E-state index contributed by atoms with van der Waals surface area (Å²) in [6.45, 7) is 6.15. The number of imidazole rings is 1. The molecule has 106 valence electrons. The lowest BCUT2D eigenvalue weighted by Crippen LogP contribution is -2.16. The third-order valence-corrected chi connectivity index (χ3v) is 3.98. The number of pyridine rings is 1. The molecule has 0 aliphatic carbocycles. The van der Waals surface area contributed by atoms with Crippen LogP contribution in [0.5, 0.6) is 0 Å². The van der Waals surface area contributed by atoms with Gasteiger partial charge < -0.3 is 5.73 Å². The van der Waals surface area contributed by atoms with Gasteiger partial charge in [-0.1, -0.05) is 12.2 Å². The van der Waals surface area contributed by atoms with Crippen LogP contribution in [0.1, 0.15) is 22.3 Å². The molecule has 0 saturated carbocycles. The number of fused-ring (bicyclic) bond motifs is 1. The van der Waals surface area contributed by atoms with Crippen LogP contribution in [0.15, 0.2) is 30.7 Å². The molecule has 0 amide bonds. The summed E-state index contributed by atoms with van der Waals surface area (Å²) >= 11 is 5.18. The predicted molar refractivity (Wildman–Crippen MR) is 89.0 cm³/mol. The van der Waals surface area contributed by atoms with Crippen LogP contribution in [0.2, 0.25) is 0 Å². The van der Waals surface area contributed by atoms with Gasteiger partial charge in [-0.2, -0.15) is 0 Å². The van der Waals surface area contributed by atoms with E-state index in [0.717, 1.165) is 28.0 Å². The quantitative estimate of drug-likeness (QED) is 0.739. The van der Waals surface area contributed by atoms with Crippen molar-refractivity contribution in [2.45, 2.75) is 20.8 Å². The fourth-order valence-corrected chi connectivity index (χ4v) is 2.72. The second-order valence-corrected chi connectivity index (χ2v) is 5.67. The molecule has 2 heterocycles. The third-order valence-electron chi connectivity index (χ3n) is 3.78. The van der Waals surface area contributed by atoms with Gasteiger partial charge in [-0.25, -0.2) is 9.97 Å². The topological polar surface area (TPSA) is 56.7 Å². The molecule has 0 radical (unpaired) electrons. The molecular weight excluding hydrogens is 280 g/mol. The maximum absolute atomic E-state index is 5.88. The first-order chi connectivity index (χ1) is 9.99. The monoisotopic (exact) mass is 296 g/mol. The molecule has 1 aromatic carbocycles. The Morgan fingerprint density at radius 2 is 1.81 bits per heavy atom. The second kappa shape index (κ2) is 4.93. The van der Waals surface area contributed by atoms with E-state index in [1.165, 1.54) is 11.1 Å². The number of aryl methyl sites for hydroxylation is 3. The van der Waals surface area contributed by atoms with E-state index in [1.54, 1.807) is 12.5 Å². The molecule has 2 aromatic heterocycles. The molecule has 0 aliphatic rings. The lowest BCUT2D eigenvalue weighted by atomic mass is 10.1. The Morgan fingerprint density at radius 1 is 1.10 bits per heavy atom. The maximum Gasteiger partial charge on any atom is 0.148 e. The van der Waals surface area contributed by atoms with E-state index in [-0.39, 0.29) is 0 Å². The fraction of sp³-hybridized carbons (Fsp3) is 0.188. The largest absolute Gasteiger partial charge is 0.389 e. The SMILES string of the molecule is Cc1cc2ncn(-c3nccc(C)c3C(N)=S)c2cc1C. The smallest absolute Gasteiger partial charge is 0.148 e. The Labute approximate surface area is 128 Å². The van der Waals surface area contributed by atoms with Gasteiger partial charge in [-0.05, 0) is 55.7 Å². The minimum Gasteiger partial charge on any atom is -0.389 e. The van der Waals surface area contributed by atoms with Gasteiger partial charge in [0, 0.05) is 6.20 Å². The van der Waals surface area contributed by atoms with Gasteiger partial charge >= 0.3 is 0 Å². The highest BCUT2D eigenvalue weighted by Crippen LogP contribution is 2.23. The van der Waals surface area contributed by atoms with E-state index >= 15 is 0 Å². The Balaban J connectivity index is 2.34. The van der Waals surface area contributed by atoms with Crippen LogP contribution in [0.4, 0.5) is 0 Å². The van der Waals surface area contributed by atoms with Crippen molar-refractivity contribution in [1.29, 1.82) is 0 Å². The molecular formula is C16H16N4S. The molecule has 0 unspecified atom stereocenters. The van der Waals surface area contributed by atoms with Crippen molar-refractivity contribution in [1.82, 2.24) is 14.5 Å². The normalized spacial score (nSPS) is 11.0. The number of nitrogens with two attached hydrogens (primary N) is 1. The molecule has 0 spiro atoms. The molecule has 3 rings (SSSR count). The zero-order valence-corrected chi connectivity index (χ0v) is 13.0. The average Bonchev–Trinajstić information content (AvgIpc) is 2.81. The number of benzene rings is 1. The Bertz CT molecular complexity index is 864. The number of rotatable bonds is 2. The van der Waals surface area contributed by atoms with Crippen molar-refractivity contribution in [3.63, 3.8) is 0 Å². The zero-order chi connectivity index (χ0) is 15.1. The summed E-state index contributed by atoms with van der Waals surface area (Å²) in [5.41, 5.74) is 12.1. The Kier molecular flexibility index (Phi) is 3.22. The lowest BCUT2D eigenvalue weighted by molar-refractivity contribution is 1.01. The van der Waals surface area contributed by atoms with Crippen LogP contribution in [0.25, 0.3) is 16.9 Å². The zero-order valence-electron chi connectivity index (χ0n) is 12.2. The van der Waals surface area contributed by atoms with Crippen LogP contribution >= 0.6 is 12.2 Å². The van der Waals surface area contributed by atoms with Gasteiger partial charge in [-0.3, -0.25) is 4.57 Å². The number of aromatic nitrogens is 3. The summed E-state index contributed by atoms with van der Waals surface area (Å²) in [6, 6.07) is 6.11. The first-order valence-corrected chi connectivity index (χ1v) is 7.10. The van der Waals surface area contributed by atoms with Crippen molar-refractivity contribution in [2.75, 3.05) is 0 Å². The Morgan fingerprint density at radius 3 is 2.52 bits per heavy atom. The molecule has 0 saturated heterocycles. The van der Waals surface area contributed by atoms with Crippen LogP contribution in [0, 0.1) is 20.8 Å². The van der Waals surface area contributed by atoms with E-state index in [0.29, 0.717) is 4.99 Å². The summed E-state index contributed by atoms with van der Waals surface area (Å²) in [7, 11) is 0. The van der Waals surface area contributed by atoms with Gasteiger partial charge in [-0.15, -0.1) is 0 Å². The van der Waals surface area contributed by atoms with Crippen LogP contribution in [-0.4, -0.2) is 19.5 Å². The molecule has 5 heteroatoms. The second-order valence-electron chi connectivity index (χ2n) is 5.23. The van der Waals surface area contributed by atoms with Crippen molar-refractivity contribution in [3.05, 3.63) is 53.0 Å². The molecule has 0 bridgehead atoms. The molecule has 3 aromatic rings. The summed E-state index contributed by atoms with van der Waals surface area (Å²) in [5.74, 6) is 0.730. The van der Waals surface area contributed by atoms with Crippen molar-refractivity contribution in [2.24, 2.45) is 5.73 Å². The molecule has 4 nitrogen and oxygen atoms in total. The van der Waals surface area contributed by atoms with E-state index in [2.05, 4.69) is 35.9 Å². The van der Waals surface area contributed by atoms with E-state index in [1.807, 2.05) is 17.6 Å². The number of nitrogens with zero attached hydrogens (tertiary/aromatic N) is 3. The van der Waals surface area contributed by atoms with E-state index in [4.69, 9.17) is 18.0 Å². The third kappa shape index (κ3) is 2.19. The van der Waals surface area contributed by atoms with Crippen LogP contribution in [-0.2, 0) is 0 Å². The summed E-state index contributed by atoms with van der Waals surface area (Å²) in [6.07, 6.45) is 3.53. The summed E-state index contributed by atoms with van der Waals surface area (Å²) in [5, 5.41) is 0. The molecule has 21 heavy (non-hydrogen) atoms. The summed E-state index contributed by atoms with van der Waals surface area (Å²) < 4.78 is 1.95. The van der Waals surface area contributed by atoms with Crippen LogP contribution < -0.4 is 5.73 Å².